The van der Waals surface area contributed by atoms with E-state index in [1.54, 1.807) is 11.3 Å². The van der Waals surface area contributed by atoms with Crippen molar-refractivity contribution in [1.82, 2.24) is 4.90 Å². The van der Waals surface area contributed by atoms with Gasteiger partial charge in [0.05, 0.1) is 0 Å². The molecule has 1 aromatic carbocycles. The van der Waals surface area contributed by atoms with E-state index in [9.17, 15) is 0 Å². The lowest BCUT2D eigenvalue weighted by atomic mass is 9.68. The summed E-state index contributed by atoms with van der Waals surface area (Å²) >= 11 is 0. The molecular formula is C23H36N2. The van der Waals surface area contributed by atoms with Crippen molar-refractivity contribution in [2.45, 2.75) is 70.6 Å². The van der Waals surface area contributed by atoms with Gasteiger partial charge >= 0.3 is 0 Å². The van der Waals surface area contributed by atoms with Crippen molar-refractivity contribution >= 4 is 5.69 Å². The standard InChI is InChI=1S/C23H36N2/c1-2-15-24-16-18-25(19-17-24)22-8-4-3-7-21(22)20-9-13-23(14-10-20)11-5-6-12-23/h3-4,7-8,20H,2,5-6,9-19H2,1H3. The van der Waals surface area contributed by atoms with Crippen LogP contribution in [0.4, 0.5) is 5.69 Å². The molecule has 0 bridgehead atoms. The molecule has 0 radical (unpaired) electrons. The molecular weight excluding hydrogens is 304 g/mol. The minimum atomic E-state index is 0.747. The van der Waals surface area contributed by atoms with Crippen molar-refractivity contribution < 1.29 is 0 Å². The molecule has 0 atom stereocenters. The molecule has 1 heterocycles. The Kier molecular flexibility index (Phi) is 5.36. The van der Waals surface area contributed by atoms with E-state index in [4.69, 9.17) is 0 Å². The number of nitrogens with zero attached hydrogens (tertiary/aromatic N) is 2. The van der Waals surface area contributed by atoms with E-state index in [2.05, 4.69) is 41.0 Å². The molecule has 4 rings (SSSR count). The Balaban J connectivity index is 1.43. The van der Waals surface area contributed by atoms with Crippen molar-refractivity contribution in [2.24, 2.45) is 5.41 Å². The average molecular weight is 341 g/mol. The lowest BCUT2D eigenvalue weighted by Crippen LogP contribution is -2.46. The molecule has 3 fully saturated rings. The second-order valence-electron chi connectivity index (χ2n) is 8.87. The van der Waals surface area contributed by atoms with Gasteiger partial charge in [-0.2, -0.15) is 0 Å². The molecule has 1 spiro atoms. The zero-order valence-electron chi connectivity index (χ0n) is 16.2. The normalized spacial score (nSPS) is 24.9. The van der Waals surface area contributed by atoms with E-state index >= 15 is 0 Å². The van der Waals surface area contributed by atoms with Crippen molar-refractivity contribution in [3.05, 3.63) is 29.8 Å². The van der Waals surface area contributed by atoms with Crippen LogP contribution in [0.25, 0.3) is 0 Å². The summed E-state index contributed by atoms with van der Waals surface area (Å²) in [7, 11) is 0. The van der Waals surface area contributed by atoms with Gasteiger partial charge in [-0.3, -0.25) is 4.90 Å². The van der Waals surface area contributed by atoms with Crippen LogP contribution in [0.15, 0.2) is 24.3 Å². The van der Waals surface area contributed by atoms with Gasteiger partial charge in [0.15, 0.2) is 0 Å². The van der Waals surface area contributed by atoms with E-state index in [-0.39, 0.29) is 0 Å². The first-order valence-corrected chi connectivity index (χ1v) is 10.9. The number of para-hydroxylation sites is 1. The zero-order chi connectivity index (χ0) is 17.1. The van der Waals surface area contributed by atoms with Crippen molar-refractivity contribution in [1.29, 1.82) is 0 Å². The lowest BCUT2D eigenvalue weighted by molar-refractivity contribution is 0.181. The fourth-order valence-corrected chi connectivity index (χ4v) is 5.82. The minimum absolute atomic E-state index is 0.747. The van der Waals surface area contributed by atoms with Crippen LogP contribution in [0.3, 0.4) is 0 Å². The fourth-order valence-electron chi connectivity index (χ4n) is 5.82. The largest absolute Gasteiger partial charge is 0.369 e. The summed E-state index contributed by atoms with van der Waals surface area (Å²) in [5, 5.41) is 0. The molecule has 0 N–H and O–H groups in total. The number of piperazine rings is 1. The summed E-state index contributed by atoms with van der Waals surface area (Å²) in [5.74, 6) is 0.802. The Morgan fingerprint density at radius 2 is 1.60 bits per heavy atom. The zero-order valence-corrected chi connectivity index (χ0v) is 16.2. The van der Waals surface area contributed by atoms with Crippen LogP contribution in [0.2, 0.25) is 0 Å². The first kappa shape index (κ1) is 17.4. The molecule has 0 unspecified atom stereocenters. The second-order valence-corrected chi connectivity index (χ2v) is 8.87. The number of anilines is 1. The maximum absolute atomic E-state index is 2.67. The highest BCUT2D eigenvalue weighted by Gasteiger charge is 2.38. The molecule has 1 aromatic rings. The molecule has 1 saturated heterocycles. The van der Waals surface area contributed by atoms with Gasteiger partial charge in [0.1, 0.15) is 0 Å². The molecule has 3 aliphatic rings. The van der Waals surface area contributed by atoms with E-state index < -0.39 is 0 Å². The van der Waals surface area contributed by atoms with E-state index in [1.807, 2.05) is 0 Å². The molecule has 138 valence electrons. The Labute approximate surface area is 154 Å². The molecule has 2 aliphatic carbocycles. The van der Waals surface area contributed by atoms with Crippen molar-refractivity contribution in [3.8, 4) is 0 Å². The first-order valence-electron chi connectivity index (χ1n) is 10.9. The molecule has 2 nitrogen and oxygen atoms in total. The maximum atomic E-state index is 2.67. The highest BCUT2D eigenvalue weighted by molar-refractivity contribution is 5.55. The molecule has 2 saturated carbocycles. The number of benzene rings is 1. The Bertz CT molecular complexity index is 543. The third-order valence-corrected chi connectivity index (χ3v) is 7.34. The highest BCUT2D eigenvalue weighted by Crippen LogP contribution is 2.53. The van der Waals surface area contributed by atoms with Crippen LogP contribution in [0.5, 0.6) is 0 Å². The Hall–Kier alpha value is -1.02. The quantitative estimate of drug-likeness (QED) is 0.720. The summed E-state index contributed by atoms with van der Waals surface area (Å²) in [4.78, 5) is 5.30. The second kappa shape index (κ2) is 7.70. The minimum Gasteiger partial charge on any atom is -0.369 e. The average Bonchev–Trinajstić information content (AvgIpc) is 3.11. The molecule has 0 aromatic heterocycles. The lowest BCUT2D eigenvalue weighted by Gasteiger charge is -2.40. The summed E-state index contributed by atoms with van der Waals surface area (Å²) < 4.78 is 0. The van der Waals surface area contributed by atoms with Gasteiger partial charge in [-0.05, 0) is 74.5 Å². The topological polar surface area (TPSA) is 6.48 Å². The highest BCUT2D eigenvalue weighted by atomic mass is 15.3. The first-order chi connectivity index (χ1) is 12.3. The predicted octanol–water partition coefficient (Wildman–Crippen LogP) is 5.44. The SMILES string of the molecule is CCCN1CCN(c2ccccc2C2CCC3(CCCC3)CC2)CC1. The molecule has 2 heteroatoms. The van der Waals surface area contributed by atoms with Crippen LogP contribution >= 0.6 is 0 Å². The van der Waals surface area contributed by atoms with E-state index in [0.29, 0.717) is 0 Å². The van der Waals surface area contributed by atoms with Gasteiger partial charge in [-0.25, -0.2) is 0 Å². The van der Waals surface area contributed by atoms with Crippen LogP contribution in [-0.4, -0.2) is 37.6 Å². The maximum Gasteiger partial charge on any atom is 0.0402 e. The number of rotatable bonds is 4. The van der Waals surface area contributed by atoms with Gasteiger partial charge in [-0.15, -0.1) is 0 Å². The van der Waals surface area contributed by atoms with E-state index in [0.717, 1.165) is 11.3 Å². The van der Waals surface area contributed by atoms with E-state index in [1.165, 1.54) is 90.5 Å². The van der Waals surface area contributed by atoms with Crippen molar-refractivity contribution in [2.75, 3.05) is 37.6 Å². The van der Waals surface area contributed by atoms with Gasteiger partial charge in [0.2, 0.25) is 0 Å². The third kappa shape index (κ3) is 3.74. The number of hydrogen-bond acceptors (Lipinski definition) is 2. The summed E-state index contributed by atoms with van der Waals surface area (Å²) in [6.07, 6.45) is 13.1. The monoisotopic (exact) mass is 340 g/mol. The van der Waals surface area contributed by atoms with Crippen LogP contribution in [0.1, 0.15) is 76.2 Å². The Morgan fingerprint density at radius 1 is 0.920 bits per heavy atom. The van der Waals surface area contributed by atoms with Gasteiger partial charge in [0.25, 0.3) is 0 Å². The van der Waals surface area contributed by atoms with Gasteiger partial charge < -0.3 is 4.90 Å². The fraction of sp³-hybridized carbons (Fsp3) is 0.739. The summed E-state index contributed by atoms with van der Waals surface area (Å²) in [6.45, 7) is 8.43. The molecule has 1 aliphatic heterocycles. The van der Waals surface area contributed by atoms with Gasteiger partial charge in [0, 0.05) is 31.9 Å². The molecule has 0 amide bonds. The Morgan fingerprint density at radius 3 is 2.28 bits per heavy atom. The van der Waals surface area contributed by atoms with Crippen LogP contribution < -0.4 is 4.90 Å². The van der Waals surface area contributed by atoms with Crippen molar-refractivity contribution in [3.63, 3.8) is 0 Å². The smallest absolute Gasteiger partial charge is 0.0402 e. The molecule has 25 heavy (non-hydrogen) atoms. The van der Waals surface area contributed by atoms with Gasteiger partial charge in [-0.1, -0.05) is 38.0 Å². The third-order valence-electron chi connectivity index (χ3n) is 7.34. The number of hydrogen-bond donors (Lipinski definition) is 0. The predicted molar refractivity (Wildman–Crippen MR) is 107 cm³/mol. The van der Waals surface area contributed by atoms with Crippen LogP contribution in [-0.2, 0) is 0 Å². The summed E-state index contributed by atoms with van der Waals surface area (Å²) in [6, 6.07) is 9.35. The van der Waals surface area contributed by atoms with Crippen LogP contribution in [0, 0.1) is 5.41 Å². The summed E-state index contributed by atoms with van der Waals surface area (Å²) in [5.41, 5.74) is 3.95.